The van der Waals surface area contributed by atoms with Gasteiger partial charge in [0, 0.05) is 4.88 Å². The van der Waals surface area contributed by atoms with Crippen LogP contribution in [-0.4, -0.2) is 13.1 Å². The van der Waals surface area contributed by atoms with Gasteiger partial charge in [0.1, 0.15) is 4.88 Å². The molecular formula is C16H16O3S. The van der Waals surface area contributed by atoms with E-state index < -0.39 is 0 Å². The fourth-order valence-corrected chi connectivity index (χ4v) is 3.57. The molecule has 0 fully saturated rings. The van der Waals surface area contributed by atoms with E-state index in [1.807, 2.05) is 18.2 Å². The third kappa shape index (κ3) is 2.56. The Morgan fingerprint density at radius 2 is 1.90 bits per heavy atom. The monoisotopic (exact) mass is 288 g/mol. The van der Waals surface area contributed by atoms with Gasteiger partial charge in [0.05, 0.1) is 7.11 Å². The van der Waals surface area contributed by atoms with Crippen molar-refractivity contribution in [3.05, 3.63) is 45.6 Å². The number of benzene rings is 1. The maximum absolute atomic E-state index is 12.2. The smallest absolute Gasteiger partial charge is 0.353 e. The molecule has 1 aliphatic rings. The molecule has 0 saturated carbocycles. The second-order valence-corrected chi connectivity index (χ2v) is 5.94. The van der Waals surface area contributed by atoms with Crippen molar-refractivity contribution < 1.29 is 14.3 Å². The Morgan fingerprint density at radius 3 is 2.65 bits per heavy atom. The maximum Gasteiger partial charge on any atom is 0.353 e. The van der Waals surface area contributed by atoms with Crippen LogP contribution < -0.4 is 9.47 Å². The first-order chi connectivity index (χ1) is 9.78. The van der Waals surface area contributed by atoms with Crippen LogP contribution in [0.2, 0.25) is 0 Å². The first-order valence-electron chi connectivity index (χ1n) is 6.74. The van der Waals surface area contributed by atoms with Crippen LogP contribution in [0.4, 0.5) is 0 Å². The van der Waals surface area contributed by atoms with Gasteiger partial charge in [-0.25, -0.2) is 4.79 Å². The number of ether oxygens (including phenoxy) is 2. The number of para-hydroxylation sites is 2. The van der Waals surface area contributed by atoms with E-state index in [0.717, 1.165) is 12.8 Å². The summed E-state index contributed by atoms with van der Waals surface area (Å²) in [6.45, 7) is 0. The topological polar surface area (TPSA) is 35.5 Å². The van der Waals surface area contributed by atoms with E-state index in [4.69, 9.17) is 9.47 Å². The van der Waals surface area contributed by atoms with Crippen LogP contribution in [0.5, 0.6) is 11.5 Å². The highest BCUT2D eigenvalue weighted by atomic mass is 32.1. The van der Waals surface area contributed by atoms with Crippen molar-refractivity contribution in [3.63, 3.8) is 0 Å². The lowest BCUT2D eigenvalue weighted by molar-refractivity contribution is 0.0735. The number of carbonyl (C=O) groups is 1. The predicted molar refractivity (Wildman–Crippen MR) is 78.9 cm³/mol. The summed E-state index contributed by atoms with van der Waals surface area (Å²) in [7, 11) is 1.57. The van der Waals surface area contributed by atoms with E-state index in [1.165, 1.54) is 23.3 Å². The van der Waals surface area contributed by atoms with Gasteiger partial charge in [0.15, 0.2) is 11.5 Å². The Balaban J connectivity index is 1.81. The van der Waals surface area contributed by atoms with Gasteiger partial charge in [-0.15, -0.1) is 11.3 Å². The lowest BCUT2D eigenvalue weighted by Crippen LogP contribution is -2.07. The molecule has 20 heavy (non-hydrogen) atoms. The summed E-state index contributed by atoms with van der Waals surface area (Å²) >= 11 is 1.56. The number of thiophene rings is 1. The van der Waals surface area contributed by atoms with Crippen LogP contribution >= 0.6 is 11.3 Å². The minimum Gasteiger partial charge on any atom is -0.493 e. The van der Waals surface area contributed by atoms with Gasteiger partial charge in [-0.2, -0.15) is 0 Å². The summed E-state index contributed by atoms with van der Waals surface area (Å²) in [6.07, 6.45) is 4.59. The van der Waals surface area contributed by atoms with Crippen molar-refractivity contribution in [1.29, 1.82) is 0 Å². The van der Waals surface area contributed by atoms with Crippen LogP contribution in [0.25, 0.3) is 0 Å². The number of fused-ring (bicyclic) bond motifs is 1. The first kappa shape index (κ1) is 13.2. The second kappa shape index (κ2) is 5.67. The lowest BCUT2D eigenvalue weighted by atomic mass is 9.99. The molecule has 1 aromatic carbocycles. The molecule has 1 aliphatic carbocycles. The van der Waals surface area contributed by atoms with Crippen molar-refractivity contribution in [2.24, 2.45) is 0 Å². The van der Waals surface area contributed by atoms with Gasteiger partial charge >= 0.3 is 5.97 Å². The molecule has 0 radical (unpaired) electrons. The number of carbonyl (C=O) groups excluding carboxylic acids is 1. The summed E-state index contributed by atoms with van der Waals surface area (Å²) in [5, 5.41) is 0. The summed E-state index contributed by atoms with van der Waals surface area (Å²) in [6, 6.07) is 9.17. The van der Waals surface area contributed by atoms with Crippen molar-refractivity contribution in [2.75, 3.05) is 7.11 Å². The van der Waals surface area contributed by atoms with Crippen molar-refractivity contribution in [2.45, 2.75) is 25.7 Å². The van der Waals surface area contributed by atoms with E-state index in [9.17, 15) is 4.79 Å². The zero-order chi connectivity index (χ0) is 13.9. The maximum atomic E-state index is 12.2. The van der Waals surface area contributed by atoms with Crippen molar-refractivity contribution in [1.82, 2.24) is 0 Å². The Labute approximate surface area is 122 Å². The van der Waals surface area contributed by atoms with E-state index in [0.29, 0.717) is 16.4 Å². The third-order valence-electron chi connectivity index (χ3n) is 3.47. The van der Waals surface area contributed by atoms with E-state index in [2.05, 4.69) is 0 Å². The number of esters is 1. The van der Waals surface area contributed by atoms with Crippen LogP contribution in [-0.2, 0) is 12.8 Å². The molecule has 104 valence electrons. The standard InChI is InChI=1S/C16H16O3S/c1-18-12-7-3-4-8-13(12)19-16(17)15-10-11-6-2-5-9-14(11)20-15/h3-4,7-8,10H,2,5-6,9H2,1H3. The van der Waals surface area contributed by atoms with E-state index in [1.54, 1.807) is 30.6 Å². The molecule has 0 spiro atoms. The summed E-state index contributed by atoms with van der Waals surface area (Å²) < 4.78 is 10.6. The highest BCUT2D eigenvalue weighted by Gasteiger charge is 2.19. The molecule has 3 nitrogen and oxygen atoms in total. The predicted octanol–water partition coefficient (Wildman–Crippen LogP) is 3.85. The summed E-state index contributed by atoms with van der Waals surface area (Å²) in [4.78, 5) is 14.3. The van der Waals surface area contributed by atoms with E-state index in [-0.39, 0.29) is 5.97 Å². The zero-order valence-electron chi connectivity index (χ0n) is 11.3. The Kier molecular flexibility index (Phi) is 3.74. The van der Waals surface area contributed by atoms with Crippen molar-refractivity contribution >= 4 is 17.3 Å². The number of hydrogen-bond acceptors (Lipinski definition) is 4. The van der Waals surface area contributed by atoms with Gasteiger partial charge in [0.2, 0.25) is 0 Å². The molecule has 0 bridgehead atoms. The minimum absolute atomic E-state index is 0.297. The fraction of sp³-hybridized carbons (Fsp3) is 0.312. The van der Waals surface area contributed by atoms with Crippen LogP contribution in [0.3, 0.4) is 0 Å². The van der Waals surface area contributed by atoms with Gasteiger partial charge in [-0.05, 0) is 49.4 Å². The minimum atomic E-state index is -0.297. The molecule has 0 unspecified atom stereocenters. The van der Waals surface area contributed by atoms with Crippen LogP contribution in [0, 0.1) is 0 Å². The molecule has 0 atom stereocenters. The lowest BCUT2D eigenvalue weighted by Gasteiger charge is -2.08. The SMILES string of the molecule is COc1ccccc1OC(=O)c1cc2c(s1)CCCC2. The normalized spacial score (nSPS) is 13.7. The molecule has 4 heteroatoms. The average molecular weight is 288 g/mol. The first-order valence-corrected chi connectivity index (χ1v) is 7.56. The molecule has 3 rings (SSSR count). The number of aryl methyl sites for hydroxylation is 2. The average Bonchev–Trinajstić information content (AvgIpc) is 2.92. The number of rotatable bonds is 3. The van der Waals surface area contributed by atoms with Gasteiger partial charge < -0.3 is 9.47 Å². The second-order valence-electron chi connectivity index (χ2n) is 4.81. The van der Waals surface area contributed by atoms with Crippen LogP contribution in [0.15, 0.2) is 30.3 Å². The largest absolute Gasteiger partial charge is 0.493 e. The van der Waals surface area contributed by atoms with Gasteiger partial charge in [-0.3, -0.25) is 0 Å². The summed E-state index contributed by atoms with van der Waals surface area (Å²) in [5.74, 6) is 0.738. The van der Waals surface area contributed by atoms with E-state index >= 15 is 0 Å². The highest BCUT2D eigenvalue weighted by molar-refractivity contribution is 7.14. The molecular weight excluding hydrogens is 272 g/mol. The molecule has 1 aromatic heterocycles. The zero-order valence-corrected chi connectivity index (χ0v) is 12.2. The molecule has 2 aromatic rings. The fourth-order valence-electron chi connectivity index (χ4n) is 2.44. The Hall–Kier alpha value is -1.81. The Bertz CT molecular complexity index is 607. The van der Waals surface area contributed by atoms with Gasteiger partial charge in [0.25, 0.3) is 0 Å². The van der Waals surface area contributed by atoms with Crippen molar-refractivity contribution in [3.8, 4) is 11.5 Å². The molecule has 0 N–H and O–H groups in total. The highest BCUT2D eigenvalue weighted by Crippen LogP contribution is 2.32. The molecule has 1 heterocycles. The third-order valence-corrected chi connectivity index (χ3v) is 4.69. The van der Waals surface area contributed by atoms with Gasteiger partial charge in [-0.1, -0.05) is 12.1 Å². The number of hydrogen-bond donors (Lipinski definition) is 0. The van der Waals surface area contributed by atoms with Crippen LogP contribution in [0.1, 0.15) is 33.0 Å². The molecule has 0 amide bonds. The molecule has 0 saturated heterocycles. The Morgan fingerprint density at radius 1 is 1.15 bits per heavy atom. The quantitative estimate of drug-likeness (QED) is 0.635. The number of methoxy groups -OCH3 is 1. The summed E-state index contributed by atoms with van der Waals surface area (Å²) in [5.41, 5.74) is 1.31. The molecule has 0 aliphatic heterocycles.